The van der Waals surface area contributed by atoms with E-state index in [0.29, 0.717) is 32.7 Å². The maximum atomic E-state index is 13.5. The molecule has 0 aromatic heterocycles. The van der Waals surface area contributed by atoms with Gasteiger partial charge in [-0.3, -0.25) is 9.59 Å². The fourth-order valence-corrected chi connectivity index (χ4v) is 3.57. The van der Waals surface area contributed by atoms with Gasteiger partial charge in [-0.15, -0.1) is 0 Å². The van der Waals surface area contributed by atoms with E-state index in [1.807, 2.05) is 0 Å². The zero-order chi connectivity index (χ0) is 22.1. The fourth-order valence-electron chi connectivity index (χ4n) is 3.27. The fraction of sp³-hybridized carbons (Fsp3) is 0.0435. The summed E-state index contributed by atoms with van der Waals surface area (Å²) in [7, 11) is 1.48. The van der Waals surface area contributed by atoms with Gasteiger partial charge in [-0.2, -0.15) is 0 Å². The molecule has 1 aliphatic heterocycles. The normalized spacial score (nSPS) is 13.7. The number of nitrogens with one attached hydrogen (secondary N) is 1. The second-order valence-electron chi connectivity index (χ2n) is 6.65. The summed E-state index contributed by atoms with van der Waals surface area (Å²) >= 11 is 12.0. The van der Waals surface area contributed by atoms with Gasteiger partial charge in [-0.05, 0) is 60.2 Å². The predicted molar refractivity (Wildman–Crippen MR) is 119 cm³/mol. The monoisotopic (exact) mass is 456 g/mol. The van der Waals surface area contributed by atoms with Gasteiger partial charge in [0.05, 0.1) is 24.1 Å². The standard InChI is InChI=1S/C23H15Cl2FN2O3/c1-31-19-11-6-15(25)12-18(19)27-21-20(13-2-7-16(26)8-3-13)22(29)28(23(21)30)17-9-4-14(24)5-10-17/h2-12,27H,1H3. The van der Waals surface area contributed by atoms with E-state index in [0.717, 1.165) is 4.90 Å². The van der Waals surface area contributed by atoms with Crippen LogP contribution in [0.1, 0.15) is 5.56 Å². The van der Waals surface area contributed by atoms with E-state index in [1.165, 1.54) is 31.4 Å². The number of halogens is 3. The van der Waals surface area contributed by atoms with Crippen molar-refractivity contribution in [2.75, 3.05) is 17.3 Å². The molecule has 0 unspecified atom stereocenters. The van der Waals surface area contributed by atoms with Gasteiger partial charge in [-0.25, -0.2) is 9.29 Å². The lowest BCUT2D eigenvalue weighted by Crippen LogP contribution is -2.32. The highest BCUT2D eigenvalue weighted by molar-refractivity contribution is 6.46. The molecule has 156 valence electrons. The Labute approximate surface area is 187 Å². The highest BCUT2D eigenvalue weighted by Gasteiger charge is 2.40. The third kappa shape index (κ3) is 4.00. The maximum absolute atomic E-state index is 13.5. The van der Waals surface area contributed by atoms with Crippen molar-refractivity contribution in [3.8, 4) is 5.75 Å². The molecule has 1 heterocycles. The number of ether oxygens (including phenoxy) is 1. The Hall–Kier alpha value is -3.35. The molecule has 0 bridgehead atoms. The minimum Gasteiger partial charge on any atom is -0.495 e. The molecule has 4 rings (SSSR count). The largest absolute Gasteiger partial charge is 0.495 e. The second-order valence-corrected chi connectivity index (χ2v) is 7.52. The number of carbonyl (C=O) groups is 2. The van der Waals surface area contributed by atoms with Crippen molar-refractivity contribution in [3.05, 3.63) is 93.9 Å². The average Bonchev–Trinajstić information content (AvgIpc) is 2.99. The molecule has 8 heteroatoms. The zero-order valence-electron chi connectivity index (χ0n) is 16.2. The number of imide groups is 1. The van der Waals surface area contributed by atoms with Crippen molar-refractivity contribution in [1.82, 2.24) is 0 Å². The lowest BCUT2D eigenvalue weighted by atomic mass is 10.0. The van der Waals surface area contributed by atoms with Gasteiger partial charge >= 0.3 is 0 Å². The summed E-state index contributed by atoms with van der Waals surface area (Å²) in [6.45, 7) is 0. The Morgan fingerprint density at radius 2 is 1.52 bits per heavy atom. The van der Waals surface area contributed by atoms with Gasteiger partial charge in [0.2, 0.25) is 0 Å². The summed E-state index contributed by atoms with van der Waals surface area (Å²) in [6.07, 6.45) is 0. The molecule has 1 aliphatic rings. The highest BCUT2D eigenvalue weighted by atomic mass is 35.5. The van der Waals surface area contributed by atoms with E-state index in [-0.39, 0.29) is 11.3 Å². The van der Waals surface area contributed by atoms with Gasteiger partial charge in [-0.1, -0.05) is 35.3 Å². The molecule has 5 nitrogen and oxygen atoms in total. The summed E-state index contributed by atoms with van der Waals surface area (Å²) in [5.74, 6) is -1.15. The number of hydrogen-bond donors (Lipinski definition) is 1. The maximum Gasteiger partial charge on any atom is 0.282 e. The number of nitrogens with zero attached hydrogens (tertiary/aromatic N) is 1. The lowest BCUT2D eigenvalue weighted by Gasteiger charge is -2.16. The van der Waals surface area contributed by atoms with E-state index in [9.17, 15) is 14.0 Å². The quantitative estimate of drug-likeness (QED) is 0.512. The SMILES string of the molecule is COc1ccc(Cl)cc1NC1=C(c2ccc(F)cc2)C(=O)N(c2ccc(Cl)cc2)C1=O. The minimum atomic E-state index is -0.575. The van der Waals surface area contributed by atoms with Crippen LogP contribution in [0.3, 0.4) is 0 Å². The van der Waals surface area contributed by atoms with Gasteiger partial charge in [0.1, 0.15) is 17.3 Å². The molecule has 0 saturated carbocycles. The van der Waals surface area contributed by atoms with Crippen LogP contribution in [0.15, 0.2) is 72.4 Å². The third-order valence-corrected chi connectivity index (χ3v) is 5.21. The van der Waals surface area contributed by atoms with Gasteiger partial charge in [0, 0.05) is 10.0 Å². The van der Waals surface area contributed by atoms with Crippen LogP contribution in [0.25, 0.3) is 5.57 Å². The number of hydrogen-bond acceptors (Lipinski definition) is 4. The summed E-state index contributed by atoms with van der Waals surface area (Å²) in [5.41, 5.74) is 1.27. The highest BCUT2D eigenvalue weighted by Crippen LogP contribution is 2.36. The van der Waals surface area contributed by atoms with Crippen LogP contribution < -0.4 is 15.0 Å². The molecule has 0 saturated heterocycles. The number of anilines is 2. The van der Waals surface area contributed by atoms with Crippen LogP contribution in [0.4, 0.5) is 15.8 Å². The van der Waals surface area contributed by atoms with Crippen molar-refractivity contribution in [3.63, 3.8) is 0 Å². The molecule has 0 fully saturated rings. The molecule has 2 amide bonds. The number of methoxy groups -OCH3 is 1. The lowest BCUT2D eigenvalue weighted by molar-refractivity contribution is -0.120. The van der Waals surface area contributed by atoms with E-state index >= 15 is 0 Å². The van der Waals surface area contributed by atoms with Crippen LogP contribution in [0.5, 0.6) is 5.75 Å². The minimum absolute atomic E-state index is 0.0205. The molecule has 3 aromatic rings. The van der Waals surface area contributed by atoms with Crippen LogP contribution in [0, 0.1) is 5.82 Å². The van der Waals surface area contributed by atoms with Crippen LogP contribution in [-0.2, 0) is 9.59 Å². The first-order chi connectivity index (χ1) is 14.9. The summed E-state index contributed by atoms with van der Waals surface area (Å²) in [6, 6.07) is 16.5. The van der Waals surface area contributed by atoms with Crippen LogP contribution >= 0.6 is 23.2 Å². The smallest absolute Gasteiger partial charge is 0.282 e. The van der Waals surface area contributed by atoms with E-state index in [2.05, 4.69) is 5.32 Å². The Balaban J connectivity index is 1.85. The molecule has 3 aromatic carbocycles. The Bertz CT molecular complexity index is 1210. The van der Waals surface area contributed by atoms with Crippen LogP contribution in [0.2, 0.25) is 10.0 Å². The zero-order valence-corrected chi connectivity index (χ0v) is 17.7. The molecular formula is C23H15Cl2FN2O3. The molecule has 0 aliphatic carbocycles. The van der Waals surface area contributed by atoms with Crippen LogP contribution in [-0.4, -0.2) is 18.9 Å². The van der Waals surface area contributed by atoms with E-state index < -0.39 is 17.6 Å². The third-order valence-electron chi connectivity index (χ3n) is 4.72. The van der Waals surface area contributed by atoms with Gasteiger partial charge < -0.3 is 10.1 Å². The van der Waals surface area contributed by atoms with Gasteiger partial charge in [0.25, 0.3) is 11.8 Å². The van der Waals surface area contributed by atoms with Crippen molar-refractivity contribution >= 4 is 52.0 Å². The summed E-state index contributed by atoms with van der Waals surface area (Å²) in [4.78, 5) is 27.7. The molecule has 1 N–H and O–H groups in total. The Morgan fingerprint density at radius 3 is 2.16 bits per heavy atom. The summed E-state index contributed by atoms with van der Waals surface area (Å²) in [5, 5.41) is 3.88. The number of carbonyl (C=O) groups excluding carboxylic acids is 2. The number of amides is 2. The predicted octanol–water partition coefficient (Wildman–Crippen LogP) is 5.54. The molecular weight excluding hydrogens is 442 g/mol. The second kappa shape index (κ2) is 8.41. The first-order valence-electron chi connectivity index (χ1n) is 9.14. The average molecular weight is 457 g/mol. The Morgan fingerprint density at radius 1 is 0.871 bits per heavy atom. The first kappa shape index (κ1) is 20.9. The first-order valence-corrected chi connectivity index (χ1v) is 9.90. The van der Waals surface area contributed by atoms with Crippen molar-refractivity contribution < 1.29 is 18.7 Å². The number of benzene rings is 3. The molecule has 0 spiro atoms. The molecule has 31 heavy (non-hydrogen) atoms. The van der Waals surface area contributed by atoms with Crippen molar-refractivity contribution in [2.45, 2.75) is 0 Å². The Kier molecular flexibility index (Phi) is 5.67. The number of rotatable bonds is 5. The van der Waals surface area contributed by atoms with Gasteiger partial charge in [0.15, 0.2) is 0 Å². The van der Waals surface area contributed by atoms with Crippen molar-refractivity contribution in [2.24, 2.45) is 0 Å². The topological polar surface area (TPSA) is 58.6 Å². The van der Waals surface area contributed by atoms with E-state index in [4.69, 9.17) is 27.9 Å². The molecule has 0 radical (unpaired) electrons. The van der Waals surface area contributed by atoms with Crippen molar-refractivity contribution in [1.29, 1.82) is 0 Å². The molecule has 0 atom stereocenters. The van der Waals surface area contributed by atoms with E-state index in [1.54, 1.807) is 42.5 Å². The summed E-state index contributed by atoms with van der Waals surface area (Å²) < 4.78 is 18.8.